The molecule has 0 N–H and O–H groups in total. The van der Waals surface area contributed by atoms with Crippen LogP contribution >= 0.6 is 0 Å². The summed E-state index contributed by atoms with van der Waals surface area (Å²) in [5.41, 5.74) is -0.250. The van der Waals surface area contributed by atoms with Crippen molar-refractivity contribution in [2.45, 2.75) is 20.8 Å². The Morgan fingerprint density at radius 1 is 1.20 bits per heavy atom. The van der Waals surface area contributed by atoms with E-state index >= 15 is 0 Å². The summed E-state index contributed by atoms with van der Waals surface area (Å²) in [7, 11) is 0. The highest BCUT2D eigenvalue weighted by Gasteiger charge is 1.96. The van der Waals surface area contributed by atoms with E-state index in [1.165, 1.54) is 0 Å². The zero-order valence-electron chi connectivity index (χ0n) is 4.00. The molecule has 0 amide bonds. The summed E-state index contributed by atoms with van der Waals surface area (Å²) < 4.78 is 0. The summed E-state index contributed by atoms with van der Waals surface area (Å²) in [6, 6.07) is 0. The third-order valence-corrected chi connectivity index (χ3v) is 0. The molecule has 0 nitrogen and oxygen atoms in total. The maximum absolute atomic E-state index is 6.94. The van der Waals surface area contributed by atoms with Crippen molar-refractivity contribution >= 4 is 0 Å². The van der Waals surface area contributed by atoms with Crippen LogP contribution in [0.3, 0.4) is 0 Å². The highest BCUT2D eigenvalue weighted by molar-refractivity contribution is 4.60. The van der Waals surface area contributed by atoms with Gasteiger partial charge in [0.15, 0.2) is 0 Å². The van der Waals surface area contributed by atoms with Crippen molar-refractivity contribution in [3.63, 3.8) is 0 Å². The van der Waals surface area contributed by atoms with Crippen molar-refractivity contribution in [2.75, 3.05) is 0 Å². The third kappa shape index (κ3) is 0. The normalized spacial score (nSPS) is 12.0. The van der Waals surface area contributed by atoms with Gasteiger partial charge in [-0.3, -0.25) is 0 Å². The van der Waals surface area contributed by atoms with E-state index in [2.05, 4.69) is 0 Å². The molecule has 0 heteroatoms. The van der Waals surface area contributed by atoms with Crippen LogP contribution in [0.2, 0.25) is 0 Å². The van der Waals surface area contributed by atoms with Gasteiger partial charge in [0.2, 0.25) is 0 Å². The third-order valence-electron chi connectivity index (χ3n) is 0. The van der Waals surface area contributed by atoms with Gasteiger partial charge in [-0.25, -0.2) is 0 Å². The monoisotopic (exact) mass is 69.1 g/mol. The molecule has 5 heavy (non-hydrogen) atoms. The van der Waals surface area contributed by atoms with Crippen molar-refractivity contribution in [2.24, 2.45) is 5.41 Å². The molecule has 0 saturated heterocycles. The van der Waals surface area contributed by atoms with Gasteiger partial charge in [0.05, 0.1) is 0 Å². The van der Waals surface area contributed by atoms with Gasteiger partial charge >= 0.3 is 0 Å². The largest absolute Gasteiger partial charge is 0.0596 e. The van der Waals surface area contributed by atoms with E-state index in [4.69, 9.17) is 6.92 Å². The van der Waals surface area contributed by atoms with E-state index in [1.54, 1.807) is 0 Å². The highest BCUT2D eigenvalue weighted by atomic mass is 14.0. The lowest BCUT2D eigenvalue weighted by molar-refractivity contribution is 0.539. The summed E-state index contributed by atoms with van der Waals surface area (Å²) in [6.45, 7) is 12.5. The minimum atomic E-state index is -0.250. The molecule has 0 heterocycles. The van der Waals surface area contributed by atoms with Gasteiger partial charge in [-0.05, 0) is 12.3 Å². The lowest BCUT2D eigenvalue weighted by Gasteiger charge is -2.04. The van der Waals surface area contributed by atoms with Crippen molar-refractivity contribution in [3.8, 4) is 0 Å². The molecule has 0 rings (SSSR count). The molecule has 3 radical (unpaired) electrons. The van der Waals surface area contributed by atoms with Crippen molar-refractivity contribution in [1.82, 2.24) is 0 Å². The summed E-state index contributed by atoms with van der Waals surface area (Å²) in [5.74, 6) is 0. The highest BCUT2D eigenvalue weighted by Crippen LogP contribution is 2.07. The zero-order valence-corrected chi connectivity index (χ0v) is 4.00. The van der Waals surface area contributed by atoms with E-state index < -0.39 is 0 Å². The first-order chi connectivity index (χ1) is 2.00. The minimum absolute atomic E-state index is 0.250. The predicted molar refractivity (Wildman–Crippen MR) is 22.7 cm³/mol. The fourth-order valence-corrected chi connectivity index (χ4v) is 0. The van der Waals surface area contributed by atoms with Gasteiger partial charge in [-0.15, -0.1) is 0 Å². The zero-order chi connectivity index (χ0) is 4.50. The first kappa shape index (κ1) is 5.00. The second kappa shape index (κ2) is 1.00. The first-order valence-corrected chi connectivity index (χ1v) is 1.75. The summed E-state index contributed by atoms with van der Waals surface area (Å²) in [6.07, 6.45) is 0. The molecule has 0 aliphatic heterocycles. The Balaban J connectivity index is 3.02. The van der Waals surface area contributed by atoms with Crippen molar-refractivity contribution in [1.29, 1.82) is 0 Å². The van der Waals surface area contributed by atoms with Gasteiger partial charge in [-0.1, -0.05) is 20.8 Å². The molecule has 0 aromatic carbocycles. The standard InChI is InChI=1S/C5H9/c1-5(2,3)4/h1-3H3. The summed E-state index contributed by atoms with van der Waals surface area (Å²) in [5, 5.41) is 0. The summed E-state index contributed by atoms with van der Waals surface area (Å²) >= 11 is 0. The molecule has 0 spiro atoms. The van der Waals surface area contributed by atoms with Crippen LogP contribution in [0.4, 0.5) is 0 Å². The van der Waals surface area contributed by atoms with E-state index in [0.29, 0.717) is 0 Å². The van der Waals surface area contributed by atoms with Gasteiger partial charge in [0, 0.05) is 0 Å². The Morgan fingerprint density at radius 3 is 1.20 bits per heavy atom. The molecule has 29 valence electrons. The van der Waals surface area contributed by atoms with Crippen molar-refractivity contribution < 1.29 is 0 Å². The lowest BCUT2D eigenvalue weighted by Crippen LogP contribution is -1.94. The van der Waals surface area contributed by atoms with E-state index in [-0.39, 0.29) is 5.41 Å². The first-order valence-electron chi connectivity index (χ1n) is 1.75. The lowest BCUT2D eigenvalue weighted by atomic mass is 10.0. The Kier molecular flexibility index (Phi) is 1.00. The molecule has 0 aromatic rings. The quantitative estimate of drug-likeness (QED) is 0.405. The molecule has 0 aliphatic rings. The molecule has 0 aliphatic carbocycles. The average molecular weight is 69.1 g/mol. The number of hydrogen-bond donors (Lipinski definition) is 0. The second-order valence-electron chi connectivity index (χ2n) is 2.25. The fraction of sp³-hybridized carbons (Fsp3) is 0.800. The molecule has 0 saturated carbocycles. The van der Waals surface area contributed by atoms with Gasteiger partial charge < -0.3 is 0 Å². The van der Waals surface area contributed by atoms with E-state index in [9.17, 15) is 0 Å². The predicted octanol–water partition coefficient (Wildman–Crippen LogP) is 1.62. The Hall–Kier alpha value is 0. The van der Waals surface area contributed by atoms with Crippen LogP contribution in [-0.2, 0) is 0 Å². The molecule has 0 unspecified atom stereocenters. The average Bonchev–Trinajstić information content (AvgIpc) is 0.722. The van der Waals surface area contributed by atoms with Crippen LogP contribution in [-0.4, -0.2) is 0 Å². The topological polar surface area (TPSA) is 0 Å². The Morgan fingerprint density at radius 2 is 1.20 bits per heavy atom. The van der Waals surface area contributed by atoms with Crippen LogP contribution in [0.15, 0.2) is 0 Å². The second-order valence-corrected chi connectivity index (χ2v) is 2.25. The van der Waals surface area contributed by atoms with Crippen LogP contribution in [0.25, 0.3) is 0 Å². The van der Waals surface area contributed by atoms with Gasteiger partial charge in [0.1, 0.15) is 0 Å². The van der Waals surface area contributed by atoms with Crippen LogP contribution in [0.5, 0.6) is 0 Å². The van der Waals surface area contributed by atoms with Gasteiger partial charge in [-0.2, -0.15) is 0 Å². The smallest absolute Gasteiger partial charge is 0.00288 e. The maximum atomic E-state index is 6.94. The van der Waals surface area contributed by atoms with Gasteiger partial charge in [0.25, 0.3) is 0 Å². The molecule has 0 fully saturated rings. The van der Waals surface area contributed by atoms with Crippen LogP contribution in [0, 0.1) is 12.3 Å². The van der Waals surface area contributed by atoms with Crippen LogP contribution < -0.4 is 0 Å². The number of hydrogen-bond acceptors (Lipinski definition) is 0. The molecular formula is C5H9. The minimum Gasteiger partial charge on any atom is -0.0596 e. The Labute approximate surface area is 34.2 Å². The maximum Gasteiger partial charge on any atom is -0.00288 e. The molecule has 0 atom stereocenters. The van der Waals surface area contributed by atoms with Crippen LogP contribution in [0.1, 0.15) is 20.8 Å². The van der Waals surface area contributed by atoms with Crippen molar-refractivity contribution in [3.05, 3.63) is 6.92 Å². The SMILES string of the molecule is [C]C(C)(C)C. The fourth-order valence-electron chi connectivity index (χ4n) is 0. The number of rotatable bonds is 0. The van der Waals surface area contributed by atoms with E-state index in [1.807, 2.05) is 20.8 Å². The molecular weight excluding hydrogens is 60.1 g/mol. The van der Waals surface area contributed by atoms with E-state index in [0.717, 1.165) is 0 Å². The molecule has 0 bridgehead atoms. The molecule has 0 aromatic heterocycles. The Bertz CT molecular complexity index is 15.5. The summed E-state index contributed by atoms with van der Waals surface area (Å²) in [4.78, 5) is 0.